The van der Waals surface area contributed by atoms with Gasteiger partial charge in [-0.2, -0.15) is 5.10 Å². The van der Waals surface area contributed by atoms with Crippen LogP contribution in [0.3, 0.4) is 0 Å². The molecule has 5 nitrogen and oxygen atoms in total. The van der Waals surface area contributed by atoms with Gasteiger partial charge >= 0.3 is 5.97 Å². The zero-order valence-electron chi connectivity index (χ0n) is 13.5. The summed E-state index contributed by atoms with van der Waals surface area (Å²) in [4.78, 5) is 12.6. The van der Waals surface area contributed by atoms with E-state index < -0.39 is 23.6 Å². The molecule has 1 N–H and O–H groups in total. The third kappa shape index (κ3) is 2.66. The van der Waals surface area contributed by atoms with Gasteiger partial charge in [-0.05, 0) is 32.9 Å². The lowest BCUT2D eigenvalue weighted by atomic mass is 9.94. The molecular weight excluding hydrogens is 316 g/mol. The number of nitrogens with zero attached hydrogens (tertiary/aromatic N) is 2. The first-order valence-corrected chi connectivity index (χ1v) is 7.56. The maximum atomic E-state index is 14.4. The lowest BCUT2D eigenvalue weighted by Crippen LogP contribution is -2.31. The largest absolute Gasteiger partial charge is 0.459 e. The van der Waals surface area contributed by atoms with Crippen LogP contribution in [0.5, 0.6) is 0 Å². The predicted molar refractivity (Wildman–Crippen MR) is 84.3 cm³/mol. The number of fused-ring (bicyclic) bond motifs is 1. The van der Waals surface area contributed by atoms with Crippen LogP contribution in [0.2, 0.25) is 0 Å². The van der Waals surface area contributed by atoms with Gasteiger partial charge in [0.05, 0.1) is 23.4 Å². The molecule has 1 aromatic carbocycles. The number of hydrogen-bond donors (Lipinski definition) is 1. The fourth-order valence-corrected chi connectivity index (χ4v) is 2.79. The Labute approximate surface area is 137 Å². The number of hydrogen-bond acceptors (Lipinski definition) is 4. The first kappa shape index (κ1) is 16.2. The first-order chi connectivity index (χ1) is 11.4. The molecule has 0 spiro atoms. The van der Waals surface area contributed by atoms with Gasteiger partial charge in [0.1, 0.15) is 23.5 Å². The normalized spacial score (nSPS) is 16.8. The molecule has 1 aliphatic heterocycles. The molecule has 1 atom stereocenters. The SMILES string of the molecule is CC1=C(C(=O)OC(C)C)C(c2c(F)cccc2F)n2nccc2N1. The highest BCUT2D eigenvalue weighted by molar-refractivity contribution is 5.92. The summed E-state index contributed by atoms with van der Waals surface area (Å²) in [6.45, 7) is 5.09. The minimum atomic E-state index is -1.04. The number of anilines is 1. The van der Waals surface area contributed by atoms with E-state index in [4.69, 9.17) is 4.74 Å². The number of rotatable bonds is 3. The molecule has 7 heteroatoms. The summed E-state index contributed by atoms with van der Waals surface area (Å²) in [6.07, 6.45) is 1.14. The molecule has 0 bridgehead atoms. The number of benzene rings is 1. The highest BCUT2D eigenvalue weighted by Crippen LogP contribution is 2.38. The molecule has 0 radical (unpaired) electrons. The third-order valence-electron chi connectivity index (χ3n) is 3.74. The van der Waals surface area contributed by atoms with E-state index >= 15 is 0 Å². The van der Waals surface area contributed by atoms with Crippen molar-refractivity contribution in [1.82, 2.24) is 9.78 Å². The van der Waals surface area contributed by atoms with Crippen LogP contribution in [0.15, 0.2) is 41.7 Å². The van der Waals surface area contributed by atoms with Gasteiger partial charge in [-0.3, -0.25) is 0 Å². The second-order valence-corrected chi connectivity index (χ2v) is 5.82. The predicted octanol–water partition coefficient (Wildman–Crippen LogP) is 3.40. The van der Waals surface area contributed by atoms with Crippen LogP contribution in [0.25, 0.3) is 0 Å². The van der Waals surface area contributed by atoms with E-state index in [1.165, 1.54) is 16.9 Å². The number of carbonyl (C=O) groups is 1. The molecule has 2 heterocycles. The number of aromatic nitrogens is 2. The number of carbonyl (C=O) groups excluding carboxylic acids is 1. The molecule has 2 aromatic rings. The summed E-state index contributed by atoms with van der Waals surface area (Å²) in [5.74, 6) is -1.58. The molecule has 0 saturated carbocycles. The lowest BCUT2D eigenvalue weighted by Gasteiger charge is -2.30. The van der Waals surface area contributed by atoms with E-state index in [-0.39, 0.29) is 17.2 Å². The Morgan fingerprint density at radius 1 is 1.29 bits per heavy atom. The molecule has 1 unspecified atom stereocenters. The van der Waals surface area contributed by atoms with Gasteiger partial charge in [-0.25, -0.2) is 18.3 Å². The molecule has 0 saturated heterocycles. The fourth-order valence-electron chi connectivity index (χ4n) is 2.79. The maximum absolute atomic E-state index is 14.4. The standard InChI is InChI=1S/C17H17F2N3O2/c1-9(2)24-17(23)14-10(3)21-13-7-8-20-22(13)16(14)15-11(18)5-4-6-12(15)19/h4-9,16,21H,1-3H3. The molecule has 126 valence electrons. The molecule has 0 amide bonds. The lowest BCUT2D eigenvalue weighted by molar-refractivity contribution is -0.143. The summed E-state index contributed by atoms with van der Waals surface area (Å²) >= 11 is 0. The van der Waals surface area contributed by atoms with Gasteiger partial charge in [-0.15, -0.1) is 0 Å². The smallest absolute Gasteiger partial charge is 0.338 e. The van der Waals surface area contributed by atoms with Crippen LogP contribution in [-0.4, -0.2) is 21.9 Å². The van der Waals surface area contributed by atoms with E-state index in [0.29, 0.717) is 11.5 Å². The van der Waals surface area contributed by atoms with E-state index in [1.807, 2.05) is 0 Å². The number of esters is 1. The molecular formula is C17H17F2N3O2. The topological polar surface area (TPSA) is 56.2 Å². The summed E-state index contributed by atoms with van der Waals surface area (Å²) < 4.78 is 35.4. The Kier molecular flexibility index (Phi) is 4.09. The quantitative estimate of drug-likeness (QED) is 0.875. The molecule has 24 heavy (non-hydrogen) atoms. The maximum Gasteiger partial charge on any atom is 0.338 e. The minimum Gasteiger partial charge on any atom is -0.459 e. The molecule has 0 aliphatic carbocycles. The van der Waals surface area contributed by atoms with Crippen LogP contribution in [0, 0.1) is 11.6 Å². The molecule has 0 fully saturated rings. The van der Waals surface area contributed by atoms with Crippen molar-refractivity contribution in [1.29, 1.82) is 0 Å². The number of halogens is 2. The van der Waals surface area contributed by atoms with Crippen LogP contribution < -0.4 is 5.32 Å². The average molecular weight is 333 g/mol. The van der Waals surface area contributed by atoms with Gasteiger partial charge in [0.15, 0.2) is 0 Å². The zero-order chi connectivity index (χ0) is 17.4. The van der Waals surface area contributed by atoms with Crippen molar-refractivity contribution in [3.05, 3.63) is 58.9 Å². The van der Waals surface area contributed by atoms with Crippen LogP contribution in [-0.2, 0) is 9.53 Å². The van der Waals surface area contributed by atoms with Crippen molar-refractivity contribution < 1.29 is 18.3 Å². The van der Waals surface area contributed by atoms with E-state index in [0.717, 1.165) is 12.1 Å². The van der Waals surface area contributed by atoms with Crippen molar-refractivity contribution in [2.24, 2.45) is 0 Å². The van der Waals surface area contributed by atoms with Gasteiger partial charge < -0.3 is 10.1 Å². The van der Waals surface area contributed by atoms with E-state index in [1.54, 1.807) is 26.8 Å². The van der Waals surface area contributed by atoms with Gasteiger partial charge in [-0.1, -0.05) is 6.07 Å². The van der Waals surface area contributed by atoms with Crippen molar-refractivity contribution in [3.63, 3.8) is 0 Å². The van der Waals surface area contributed by atoms with Crippen molar-refractivity contribution >= 4 is 11.8 Å². The number of nitrogens with one attached hydrogen (secondary N) is 1. The van der Waals surface area contributed by atoms with Crippen molar-refractivity contribution in [2.45, 2.75) is 32.9 Å². The zero-order valence-corrected chi connectivity index (χ0v) is 13.5. The first-order valence-electron chi connectivity index (χ1n) is 7.56. The molecule has 3 rings (SSSR count). The summed E-state index contributed by atoms with van der Waals surface area (Å²) in [5.41, 5.74) is 0.365. The summed E-state index contributed by atoms with van der Waals surface area (Å²) in [7, 11) is 0. The second kappa shape index (κ2) is 6.07. The highest BCUT2D eigenvalue weighted by atomic mass is 19.1. The second-order valence-electron chi connectivity index (χ2n) is 5.82. The minimum absolute atomic E-state index is 0.129. The van der Waals surface area contributed by atoms with E-state index in [2.05, 4.69) is 10.4 Å². The Morgan fingerprint density at radius 3 is 2.58 bits per heavy atom. The van der Waals surface area contributed by atoms with Crippen LogP contribution in [0.4, 0.5) is 14.6 Å². The number of allylic oxidation sites excluding steroid dienone is 1. The van der Waals surface area contributed by atoms with Crippen LogP contribution >= 0.6 is 0 Å². The summed E-state index contributed by atoms with van der Waals surface area (Å²) in [6, 6.07) is 4.22. The van der Waals surface area contributed by atoms with Crippen molar-refractivity contribution in [2.75, 3.05) is 5.32 Å². The molecule has 1 aromatic heterocycles. The summed E-state index contributed by atoms with van der Waals surface area (Å²) in [5, 5.41) is 7.14. The third-order valence-corrected chi connectivity index (χ3v) is 3.74. The van der Waals surface area contributed by atoms with Crippen LogP contribution in [0.1, 0.15) is 32.4 Å². The Bertz CT molecular complexity index is 807. The highest BCUT2D eigenvalue weighted by Gasteiger charge is 2.37. The Morgan fingerprint density at radius 2 is 1.96 bits per heavy atom. The number of ether oxygens (including phenoxy) is 1. The van der Waals surface area contributed by atoms with Gasteiger partial charge in [0, 0.05) is 11.8 Å². The fraction of sp³-hybridized carbons (Fsp3) is 0.294. The van der Waals surface area contributed by atoms with Gasteiger partial charge in [0.25, 0.3) is 0 Å². The Balaban J connectivity index is 2.20. The van der Waals surface area contributed by atoms with Crippen molar-refractivity contribution in [3.8, 4) is 0 Å². The van der Waals surface area contributed by atoms with Gasteiger partial charge in [0.2, 0.25) is 0 Å². The Hall–Kier alpha value is -2.70. The van der Waals surface area contributed by atoms with E-state index in [9.17, 15) is 13.6 Å². The monoisotopic (exact) mass is 333 g/mol. The average Bonchev–Trinajstić information content (AvgIpc) is 2.93. The molecule has 1 aliphatic rings.